The number of aromatic carboxylic acids is 1. The van der Waals surface area contributed by atoms with Gasteiger partial charge in [0.15, 0.2) is 5.69 Å². The predicted octanol–water partition coefficient (Wildman–Crippen LogP) is 1.14. The molecule has 0 atom stereocenters. The highest BCUT2D eigenvalue weighted by atomic mass is 16.4. The third-order valence-corrected chi connectivity index (χ3v) is 2.31. The van der Waals surface area contributed by atoms with E-state index in [-0.39, 0.29) is 11.2 Å². The van der Waals surface area contributed by atoms with Gasteiger partial charge in [-0.05, 0) is 31.9 Å². The van der Waals surface area contributed by atoms with Gasteiger partial charge in [-0.3, -0.25) is 0 Å². The molecule has 1 aromatic rings. The summed E-state index contributed by atoms with van der Waals surface area (Å²) < 4.78 is 0. The van der Waals surface area contributed by atoms with E-state index in [1.807, 2.05) is 0 Å². The molecule has 14 heavy (non-hydrogen) atoms. The van der Waals surface area contributed by atoms with Gasteiger partial charge in [-0.15, -0.1) is 10.2 Å². The lowest BCUT2D eigenvalue weighted by Crippen LogP contribution is -2.17. The fourth-order valence-electron chi connectivity index (χ4n) is 1.13. The molecule has 1 heterocycles. The highest BCUT2D eigenvalue weighted by Crippen LogP contribution is 2.37. The molecule has 1 saturated carbocycles. The summed E-state index contributed by atoms with van der Waals surface area (Å²) in [7, 11) is 0. The quantitative estimate of drug-likeness (QED) is 0.752. The summed E-state index contributed by atoms with van der Waals surface area (Å²) in [6, 6.07) is 3.09. The van der Waals surface area contributed by atoms with Gasteiger partial charge in [-0.2, -0.15) is 0 Å². The number of carboxylic acid groups (broad SMARTS) is 1. The van der Waals surface area contributed by atoms with Gasteiger partial charge in [-0.1, -0.05) is 0 Å². The van der Waals surface area contributed by atoms with Crippen molar-refractivity contribution in [2.75, 3.05) is 5.32 Å². The Hall–Kier alpha value is -1.65. The van der Waals surface area contributed by atoms with Gasteiger partial charge in [0, 0.05) is 5.54 Å². The van der Waals surface area contributed by atoms with Crippen molar-refractivity contribution in [2.24, 2.45) is 0 Å². The maximum atomic E-state index is 10.5. The first-order valence-corrected chi connectivity index (χ1v) is 4.44. The van der Waals surface area contributed by atoms with Crippen LogP contribution in [0, 0.1) is 0 Å². The Morgan fingerprint density at radius 1 is 1.50 bits per heavy atom. The molecular weight excluding hydrogens is 182 g/mol. The van der Waals surface area contributed by atoms with Crippen LogP contribution in [-0.4, -0.2) is 26.8 Å². The van der Waals surface area contributed by atoms with E-state index in [9.17, 15) is 4.79 Å². The van der Waals surface area contributed by atoms with Crippen LogP contribution in [0.15, 0.2) is 12.1 Å². The molecule has 0 unspecified atom stereocenters. The zero-order valence-electron chi connectivity index (χ0n) is 7.82. The number of nitrogens with one attached hydrogen (secondary N) is 1. The average Bonchev–Trinajstić information content (AvgIpc) is 2.84. The second kappa shape index (κ2) is 2.94. The fraction of sp³-hybridized carbons (Fsp3) is 0.444. The molecule has 1 aromatic heterocycles. The van der Waals surface area contributed by atoms with Crippen LogP contribution in [0.5, 0.6) is 0 Å². The lowest BCUT2D eigenvalue weighted by molar-refractivity contribution is 0.0689. The van der Waals surface area contributed by atoms with Crippen molar-refractivity contribution in [1.29, 1.82) is 0 Å². The van der Waals surface area contributed by atoms with Crippen molar-refractivity contribution >= 4 is 11.8 Å². The summed E-state index contributed by atoms with van der Waals surface area (Å²) in [6.45, 7) is 2.10. The lowest BCUT2D eigenvalue weighted by atomic mass is 10.3. The van der Waals surface area contributed by atoms with E-state index >= 15 is 0 Å². The van der Waals surface area contributed by atoms with Gasteiger partial charge in [0.25, 0.3) is 0 Å². The van der Waals surface area contributed by atoms with Gasteiger partial charge >= 0.3 is 5.97 Å². The molecule has 1 aliphatic carbocycles. The van der Waals surface area contributed by atoms with Crippen molar-refractivity contribution < 1.29 is 9.90 Å². The fourth-order valence-corrected chi connectivity index (χ4v) is 1.13. The van der Waals surface area contributed by atoms with Crippen molar-refractivity contribution in [3.63, 3.8) is 0 Å². The Morgan fingerprint density at radius 2 is 2.21 bits per heavy atom. The van der Waals surface area contributed by atoms with E-state index in [1.165, 1.54) is 6.07 Å². The molecule has 5 nitrogen and oxygen atoms in total. The molecule has 5 heteroatoms. The van der Waals surface area contributed by atoms with Crippen LogP contribution < -0.4 is 5.32 Å². The van der Waals surface area contributed by atoms with Gasteiger partial charge < -0.3 is 10.4 Å². The zero-order chi connectivity index (χ0) is 10.2. The summed E-state index contributed by atoms with van der Waals surface area (Å²) in [5.74, 6) is -0.420. The van der Waals surface area contributed by atoms with E-state index in [1.54, 1.807) is 6.07 Å². The number of nitrogens with zero attached hydrogens (tertiary/aromatic N) is 2. The van der Waals surface area contributed by atoms with Crippen molar-refractivity contribution in [1.82, 2.24) is 10.2 Å². The molecule has 2 rings (SSSR count). The van der Waals surface area contributed by atoms with Crippen molar-refractivity contribution in [3.8, 4) is 0 Å². The average molecular weight is 193 g/mol. The van der Waals surface area contributed by atoms with Gasteiger partial charge in [0.1, 0.15) is 5.82 Å². The van der Waals surface area contributed by atoms with Crippen LogP contribution in [0.2, 0.25) is 0 Å². The first kappa shape index (κ1) is 8.93. The molecule has 0 radical (unpaired) electrons. The van der Waals surface area contributed by atoms with E-state index in [0.717, 1.165) is 12.8 Å². The molecule has 0 bridgehead atoms. The minimum absolute atomic E-state index is 0.0310. The second-order valence-corrected chi connectivity index (χ2v) is 3.79. The largest absolute Gasteiger partial charge is 0.476 e. The molecule has 2 N–H and O–H groups in total. The Bertz CT molecular complexity index is 357. The molecule has 0 spiro atoms. The molecular formula is C9H11N3O2. The van der Waals surface area contributed by atoms with Gasteiger partial charge in [0.2, 0.25) is 0 Å². The number of aromatic nitrogens is 2. The summed E-state index contributed by atoms with van der Waals surface area (Å²) in [5.41, 5.74) is 0.107. The summed E-state index contributed by atoms with van der Waals surface area (Å²) in [5, 5.41) is 19.2. The van der Waals surface area contributed by atoms with Crippen molar-refractivity contribution in [2.45, 2.75) is 25.3 Å². The first-order valence-electron chi connectivity index (χ1n) is 4.44. The van der Waals surface area contributed by atoms with E-state index < -0.39 is 5.97 Å². The van der Waals surface area contributed by atoms with Crippen LogP contribution in [0.4, 0.5) is 5.82 Å². The number of hydrogen-bond donors (Lipinski definition) is 2. The van der Waals surface area contributed by atoms with E-state index in [4.69, 9.17) is 5.11 Å². The van der Waals surface area contributed by atoms with Gasteiger partial charge in [-0.25, -0.2) is 4.79 Å². The minimum Gasteiger partial charge on any atom is -0.476 e. The third kappa shape index (κ3) is 1.81. The molecule has 0 aromatic carbocycles. The van der Waals surface area contributed by atoms with E-state index in [0.29, 0.717) is 5.82 Å². The standard InChI is InChI=1S/C9H11N3O2/c1-9(4-5-9)10-7-3-2-6(8(13)14)11-12-7/h2-3H,4-5H2,1H3,(H,10,12)(H,13,14). The summed E-state index contributed by atoms with van der Waals surface area (Å²) in [4.78, 5) is 10.5. The van der Waals surface area contributed by atoms with Crippen LogP contribution in [0.1, 0.15) is 30.3 Å². The molecule has 0 amide bonds. The summed E-state index contributed by atoms with van der Waals surface area (Å²) >= 11 is 0. The monoisotopic (exact) mass is 193 g/mol. The third-order valence-electron chi connectivity index (χ3n) is 2.31. The Morgan fingerprint density at radius 3 is 2.64 bits per heavy atom. The summed E-state index contributed by atoms with van der Waals surface area (Å²) in [6.07, 6.45) is 2.24. The maximum Gasteiger partial charge on any atom is 0.356 e. The smallest absolute Gasteiger partial charge is 0.356 e. The normalized spacial score (nSPS) is 17.5. The Labute approximate surface area is 81.2 Å². The number of rotatable bonds is 3. The number of carbonyl (C=O) groups is 1. The highest BCUT2D eigenvalue weighted by Gasteiger charge is 2.37. The molecule has 1 aliphatic rings. The number of hydrogen-bond acceptors (Lipinski definition) is 4. The van der Waals surface area contributed by atoms with Crippen LogP contribution in [0.3, 0.4) is 0 Å². The second-order valence-electron chi connectivity index (χ2n) is 3.79. The molecule has 0 aliphatic heterocycles. The Balaban J connectivity index is 2.10. The zero-order valence-corrected chi connectivity index (χ0v) is 7.82. The minimum atomic E-state index is -1.05. The van der Waals surface area contributed by atoms with Crippen LogP contribution in [0.25, 0.3) is 0 Å². The van der Waals surface area contributed by atoms with E-state index in [2.05, 4.69) is 22.4 Å². The molecule has 0 saturated heterocycles. The SMILES string of the molecule is CC1(Nc2ccc(C(=O)O)nn2)CC1. The highest BCUT2D eigenvalue weighted by molar-refractivity contribution is 5.85. The van der Waals surface area contributed by atoms with Crippen molar-refractivity contribution in [3.05, 3.63) is 17.8 Å². The molecule has 1 fully saturated rings. The number of carboxylic acids is 1. The number of anilines is 1. The van der Waals surface area contributed by atoms with Crippen LogP contribution in [-0.2, 0) is 0 Å². The topological polar surface area (TPSA) is 75.1 Å². The van der Waals surface area contributed by atoms with Crippen LogP contribution >= 0.6 is 0 Å². The Kier molecular flexibility index (Phi) is 1.87. The maximum absolute atomic E-state index is 10.5. The van der Waals surface area contributed by atoms with Gasteiger partial charge in [0.05, 0.1) is 0 Å². The lowest BCUT2D eigenvalue weighted by Gasteiger charge is -2.10. The predicted molar refractivity (Wildman–Crippen MR) is 50.3 cm³/mol. The molecule has 74 valence electrons. The first-order chi connectivity index (χ1) is 6.59.